The number of rotatable bonds is 12. The molecule has 1 spiro atoms. The van der Waals surface area contributed by atoms with E-state index < -0.39 is 18.2 Å². The van der Waals surface area contributed by atoms with Crippen LogP contribution in [0.3, 0.4) is 0 Å². The van der Waals surface area contributed by atoms with Crippen LogP contribution in [0.2, 0.25) is 0 Å². The normalized spacial score (nSPS) is 20.4. The van der Waals surface area contributed by atoms with Gasteiger partial charge in [0.2, 0.25) is 5.91 Å². The van der Waals surface area contributed by atoms with Gasteiger partial charge in [-0.05, 0) is 56.6 Å². The summed E-state index contributed by atoms with van der Waals surface area (Å²) < 4.78 is 11.9. The van der Waals surface area contributed by atoms with Gasteiger partial charge in [0.25, 0.3) is 0 Å². The fraction of sp³-hybridized carbons (Fsp3) is 0.586. The highest BCUT2D eigenvalue weighted by molar-refractivity contribution is 7.13. The van der Waals surface area contributed by atoms with Crippen LogP contribution in [0, 0.1) is 5.92 Å². The molecule has 1 unspecified atom stereocenters. The Hall–Kier alpha value is -2.26. The average Bonchev–Trinajstić information content (AvgIpc) is 3.39. The Balaban J connectivity index is 1.61. The minimum Gasteiger partial charge on any atom is -0.486 e. The third-order valence-corrected chi connectivity index (χ3v) is 8.33. The number of aliphatic hydroxyl groups is 1. The van der Waals surface area contributed by atoms with Crippen LogP contribution in [0.25, 0.3) is 10.6 Å². The third kappa shape index (κ3) is 6.42. The molecule has 2 heterocycles. The predicted molar refractivity (Wildman–Crippen MR) is 148 cm³/mol. The summed E-state index contributed by atoms with van der Waals surface area (Å²) in [4.78, 5) is 17.0. The summed E-state index contributed by atoms with van der Waals surface area (Å²) in [5, 5.41) is 20.6. The Kier molecular flexibility index (Phi) is 9.06. The molecule has 7 nitrogen and oxygen atoms in total. The number of ether oxygens (including phenoxy) is 2. The zero-order chi connectivity index (χ0) is 26.6. The molecule has 1 fully saturated rings. The zero-order valence-corrected chi connectivity index (χ0v) is 23.3. The smallest absolute Gasteiger partial charge is 0.249 e. The van der Waals surface area contributed by atoms with Crippen molar-refractivity contribution in [3.63, 3.8) is 0 Å². The van der Waals surface area contributed by atoms with Gasteiger partial charge in [-0.25, -0.2) is 4.98 Å². The first kappa shape index (κ1) is 27.8. The molecule has 8 heteroatoms. The largest absolute Gasteiger partial charge is 0.486 e. The van der Waals surface area contributed by atoms with E-state index in [4.69, 9.17) is 9.47 Å². The number of aromatic nitrogens is 1. The molecular formula is C29H41N3O4S. The van der Waals surface area contributed by atoms with Crippen molar-refractivity contribution in [2.45, 2.75) is 89.2 Å². The number of hydrogen-bond donors (Lipinski definition) is 3. The van der Waals surface area contributed by atoms with Gasteiger partial charge in [-0.1, -0.05) is 26.0 Å². The van der Waals surface area contributed by atoms with Gasteiger partial charge in [0.1, 0.15) is 22.5 Å². The maximum absolute atomic E-state index is 12.4. The number of amides is 1. The second kappa shape index (κ2) is 12.1. The number of aliphatic hydroxyl groups excluding tert-OH is 1. The molecule has 0 bridgehead atoms. The summed E-state index contributed by atoms with van der Waals surface area (Å²) >= 11 is 1.63. The summed E-state index contributed by atoms with van der Waals surface area (Å²) in [6, 6.07) is 4.09. The molecule has 37 heavy (non-hydrogen) atoms. The number of hydrogen-bond acceptors (Lipinski definition) is 7. The molecule has 2 aromatic rings. The van der Waals surface area contributed by atoms with Crippen molar-refractivity contribution in [2.75, 3.05) is 13.7 Å². The molecule has 1 aliphatic heterocycles. The molecule has 0 radical (unpaired) electrons. The molecule has 1 aliphatic carbocycles. The number of carbonyl (C=O) groups excluding carboxylic acids is 1. The lowest BCUT2D eigenvalue weighted by Crippen LogP contribution is -2.52. The van der Waals surface area contributed by atoms with Gasteiger partial charge in [-0.3, -0.25) is 4.79 Å². The first-order chi connectivity index (χ1) is 17.7. The monoisotopic (exact) mass is 527 g/mol. The van der Waals surface area contributed by atoms with Gasteiger partial charge in [0.05, 0.1) is 17.7 Å². The first-order valence-electron chi connectivity index (χ1n) is 13.4. The molecule has 1 aromatic heterocycles. The van der Waals surface area contributed by atoms with Crippen LogP contribution in [-0.2, 0) is 16.0 Å². The number of thiazole rings is 1. The van der Waals surface area contributed by atoms with E-state index >= 15 is 0 Å². The number of nitrogens with zero attached hydrogens (tertiary/aromatic N) is 1. The first-order valence-corrected chi connectivity index (χ1v) is 14.2. The Morgan fingerprint density at radius 3 is 2.76 bits per heavy atom. The van der Waals surface area contributed by atoms with Gasteiger partial charge in [-0.2, -0.15) is 0 Å². The molecular weight excluding hydrogens is 486 g/mol. The quantitative estimate of drug-likeness (QED) is 0.344. The summed E-state index contributed by atoms with van der Waals surface area (Å²) in [6.45, 7) is 10.3. The van der Waals surface area contributed by atoms with Crippen LogP contribution in [0.1, 0.15) is 70.0 Å². The fourth-order valence-electron chi connectivity index (χ4n) is 5.29. The van der Waals surface area contributed by atoms with E-state index in [2.05, 4.69) is 48.2 Å². The minimum atomic E-state index is -0.785. The molecule has 2 aliphatic rings. The molecule has 1 aromatic carbocycles. The van der Waals surface area contributed by atoms with E-state index in [0.717, 1.165) is 54.0 Å². The lowest BCUT2D eigenvalue weighted by molar-refractivity contribution is -0.131. The van der Waals surface area contributed by atoms with Gasteiger partial charge in [-0.15, -0.1) is 17.9 Å². The molecule has 1 amide bonds. The second-order valence-electron chi connectivity index (χ2n) is 10.9. The Morgan fingerprint density at radius 2 is 2.16 bits per heavy atom. The lowest BCUT2D eigenvalue weighted by Gasteiger charge is -2.49. The third-order valence-electron chi connectivity index (χ3n) is 7.53. The number of fused-ring (bicyclic) bond motifs is 1. The van der Waals surface area contributed by atoms with Crippen molar-refractivity contribution < 1.29 is 19.4 Å². The molecule has 1 saturated carbocycles. The van der Waals surface area contributed by atoms with Crippen LogP contribution in [0.15, 0.2) is 36.4 Å². The van der Waals surface area contributed by atoms with E-state index in [1.165, 1.54) is 12.7 Å². The van der Waals surface area contributed by atoms with Crippen molar-refractivity contribution in [3.8, 4) is 16.3 Å². The van der Waals surface area contributed by atoms with Crippen molar-refractivity contribution >= 4 is 17.2 Å². The van der Waals surface area contributed by atoms with Crippen LogP contribution in [0.5, 0.6) is 5.75 Å². The summed E-state index contributed by atoms with van der Waals surface area (Å²) in [5.74, 6) is 1.20. The molecule has 4 rings (SSSR count). The maximum Gasteiger partial charge on any atom is 0.249 e. The second-order valence-corrected chi connectivity index (χ2v) is 11.8. The topological polar surface area (TPSA) is 92.7 Å². The van der Waals surface area contributed by atoms with Gasteiger partial charge in [0, 0.05) is 43.3 Å². The highest BCUT2D eigenvalue weighted by Crippen LogP contribution is 2.52. The van der Waals surface area contributed by atoms with Crippen LogP contribution >= 0.6 is 11.3 Å². The standard InChI is InChI=1S/C29H41N3O4S/c1-6-8-23(32-27(34)19(4)35-5)25(33)17-31-24-16-29(9-7-10-29)36-26-21(24)14-20(13-18(2)3)15-22(26)28-30-11-12-37-28/h6,11-12,14-15,18-19,23-25,31,33H,1,7-10,13,16-17H2,2-5H3,(H,32,34)/t19?,23-,24-,25+/m0/s1. The van der Waals surface area contributed by atoms with E-state index in [-0.39, 0.29) is 17.6 Å². The zero-order valence-electron chi connectivity index (χ0n) is 22.5. The SMILES string of the molecule is C=CC[C@H](NC(=O)C(C)OC)[C@H](O)CN[C@H]1CC2(CCC2)Oc2c(-c3nccs3)cc(CC(C)C)cc21. The Bertz CT molecular complexity index is 1070. The maximum atomic E-state index is 12.4. The van der Waals surface area contributed by atoms with E-state index in [0.29, 0.717) is 18.9 Å². The van der Waals surface area contributed by atoms with Crippen LogP contribution < -0.4 is 15.4 Å². The number of carbonyl (C=O) groups is 1. The highest BCUT2D eigenvalue weighted by atomic mass is 32.1. The van der Waals surface area contributed by atoms with E-state index in [9.17, 15) is 9.90 Å². The van der Waals surface area contributed by atoms with Gasteiger partial charge < -0.3 is 25.2 Å². The highest BCUT2D eigenvalue weighted by Gasteiger charge is 2.46. The van der Waals surface area contributed by atoms with Crippen LogP contribution in [-0.4, -0.2) is 53.5 Å². The van der Waals surface area contributed by atoms with Crippen molar-refractivity contribution in [2.24, 2.45) is 5.92 Å². The molecule has 3 N–H and O–H groups in total. The minimum absolute atomic E-state index is 0.0301. The molecule has 4 atom stereocenters. The van der Waals surface area contributed by atoms with Crippen molar-refractivity contribution in [1.82, 2.24) is 15.6 Å². The summed E-state index contributed by atoms with van der Waals surface area (Å²) in [5.41, 5.74) is 3.28. The average molecular weight is 528 g/mol. The number of nitrogens with one attached hydrogen (secondary N) is 2. The predicted octanol–water partition coefficient (Wildman–Crippen LogP) is 4.80. The lowest BCUT2D eigenvalue weighted by atomic mass is 9.72. The van der Waals surface area contributed by atoms with E-state index in [1.54, 1.807) is 24.3 Å². The molecule has 0 saturated heterocycles. The number of benzene rings is 1. The summed E-state index contributed by atoms with van der Waals surface area (Å²) in [6.07, 6.45) is 7.70. The number of methoxy groups -OCH3 is 1. The fourth-order valence-corrected chi connectivity index (χ4v) is 5.95. The summed E-state index contributed by atoms with van der Waals surface area (Å²) in [7, 11) is 1.50. The molecule has 202 valence electrons. The Labute approximate surface area is 224 Å². The van der Waals surface area contributed by atoms with Gasteiger partial charge >= 0.3 is 0 Å². The van der Waals surface area contributed by atoms with Gasteiger partial charge in [0.15, 0.2) is 0 Å². The van der Waals surface area contributed by atoms with Crippen molar-refractivity contribution in [3.05, 3.63) is 47.5 Å². The Morgan fingerprint density at radius 1 is 1.38 bits per heavy atom. The van der Waals surface area contributed by atoms with Crippen LogP contribution in [0.4, 0.5) is 0 Å². The van der Waals surface area contributed by atoms with Crippen molar-refractivity contribution in [1.29, 1.82) is 0 Å². The van der Waals surface area contributed by atoms with E-state index in [1.807, 2.05) is 11.6 Å².